The van der Waals surface area contributed by atoms with Crippen LogP contribution in [0.3, 0.4) is 0 Å². The van der Waals surface area contributed by atoms with Crippen LogP contribution in [0.25, 0.3) is 0 Å². The summed E-state index contributed by atoms with van der Waals surface area (Å²) in [6, 6.07) is 4.78. The third kappa shape index (κ3) is 3.98. The quantitative estimate of drug-likeness (QED) is 0.757. The van der Waals surface area contributed by atoms with Gasteiger partial charge in [-0.25, -0.2) is 12.8 Å². The Morgan fingerprint density at radius 3 is 2.22 bits per heavy atom. The van der Waals surface area contributed by atoms with E-state index in [2.05, 4.69) is 0 Å². The number of rotatable bonds is 4. The second-order valence-electron chi connectivity index (χ2n) is 7.22. The topological polar surface area (TPSA) is 78.0 Å². The van der Waals surface area contributed by atoms with Crippen LogP contribution in [0.1, 0.15) is 20.3 Å². The summed E-state index contributed by atoms with van der Waals surface area (Å²) >= 11 is 0. The molecule has 3 rings (SSSR count). The zero-order chi connectivity index (χ0) is 19.8. The maximum atomic E-state index is 13.0. The Morgan fingerprint density at radius 2 is 1.70 bits per heavy atom. The predicted molar refractivity (Wildman–Crippen MR) is 96.7 cm³/mol. The first-order valence-corrected chi connectivity index (χ1v) is 10.5. The Morgan fingerprint density at radius 1 is 1.11 bits per heavy atom. The molecule has 2 amide bonds. The Balaban J connectivity index is 1.61. The van der Waals surface area contributed by atoms with Gasteiger partial charge in [-0.2, -0.15) is 4.31 Å². The highest BCUT2D eigenvalue weighted by atomic mass is 32.2. The molecule has 2 fully saturated rings. The monoisotopic (exact) mass is 397 g/mol. The third-order valence-electron chi connectivity index (χ3n) is 5.13. The van der Waals surface area contributed by atoms with Crippen LogP contribution in [0.5, 0.6) is 0 Å². The van der Waals surface area contributed by atoms with Crippen molar-refractivity contribution in [3.05, 3.63) is 30.1 Å². The fourth-order valence-corrected chi connectivity index (χ4v) is 4.98. The van der Waals surface area contributed by atoms with Crippen LogP contribution in [0, 0.1) is 11.7 Å². The molecule has 7 nitrogen and oxygen atoms in total. The van der Waals surface area contributed by atoms with Crippen molar-refractivity contribution in [1.29, 1.82) is 0 Å². The van der Waals surface area contributed by atoms with E-state index >= 15 is 0 Å². The number of halogens is 1. The molecule has 1 aromatic carbocycles. The number of hydrogen-bond donors (Lipinski definition) is 0. The number of amides is 2. The predicted octanol–water partition coefficient (Wildman–Crippen LogP) is 0.916. The zero-order valence-corrected chi connectivity index (χ0v) is 16.3. The minimum absolute atomic E-state index is 0.0131. The first-order chi connectivity index (χ1) is 12.7. The molecule has 2 heterocycles. The second kappa shape index (κ2) is 7.55. The van der Waals surface area contributed by atoms with E-state index in [9.17, 15) is 22.4 Å². The molecule has 1 aromatic rings. The summed E-state index contributed by atoms with van der Waals surface area (Å²) in [5.74, 6) is -0.961. The van der Waals surface area contributed by atoms with Gasteiger partial charge in [-0.05, 0) is 38.1 Å². The maximum Gasteiger partial charge on any atom is 0.243 e. The Bertz CT molecular complexity index is 818. The molecule has 1 unspecified atom stereocenters. The smallest absolute Gasteiger partial charge is 0.243 e. The van der Waals surface area contributed by atoms with Gasteiger partial charge in [0, 0.05) is 45.2 Å². The molecule has 9 heteroatoms. The van der Waals surface area contributed by atoms with E-state index in [1.807, 2.05) is 13.8 Å². The summed E-state index contributed by atoms with van der Waals surface area (Å²) in [6.07, 6.45) is 0.213. The van der Waals surface area contributed by atoms with Crippen LogP contribution >= 0.6 is 0 Å². The van der Waals surface area contributed by atoms with Gasteiger partial charge in [0.05, 0.1) is 10.8 Å². The van der Waals surface area contributed by atoms with Crippen molar-refractivity contribution in [2.75, 3.05) is 32.7 Å². The molecular weight excluding hydrogens is 373 g/mol. The number of likely N-dealkylation sites (tertiary alicyclic amines) is 1. The molecule has 0 radical (unpaired) electrons. The number of piperazine rings is 1. The van der Waals surface area contributed by atoms with E-state index in [1.54, 1.807) is 9.80 Å². The number of sulfonamides is 1. The van der Waals surface area contributed by atoms with Crippen molar-refractivity contribution in [1.82, 2.24) is 14.1 Å². The molecule has 0 N–H and O–H groups in total. The van der Waals surface area contributed by atoms with E-state index in [0.717, 1.165) is 12.1 Å². The van der Waals surface area contributed by atoms with Gasteiger partial charge in [-0.1, -0.05) is 0 Å². The van der Waals surface area contributed by atoms with Gasteiger partial charge in [0.15, 0.2) is 0 Å². The summed E-state index contributed by atoms with van der Waals surface area (Å²) in [4.78, 5) is 28.1. The molecule has 2 saturated heterocycles. The zero-order valence-electron chi connectivity index (χ0n) is 15.5. The first kappa shape index (κ1) is 19.8. The van der Waals surface area contributed by atoms with Crippen molar-refractivity contribution >= 4 is 21.8 Å². The summed E-state index contributed by atoms with van der Waals surface area (Å²) in [5, 5.41) is 0. The molecule has 0 bridgehead atoms. The lowest BCUT2D eigenvalue weighted by atomic mass is 10.1. The minimum Gasteiger partial charge on any atom is -0.340 e. The standard InChI is InChI=1S/C18H24FN3O4S/c1-13(2)22-12-14(11-17(22)23)18(24)20-7-9-21(10-8-20)27(25,26)16-5-3-15(19)4-6-16/h3-6,13-14H,7-12H2,1-2H3. The lowest BCUT2D eigenvalue weighted by molar-refractivity contribution is -0.137. The Labute approximate surface area is 158 Å². The van der Waals surface area contributed by atoms with Crippen molar-refractivity contribution in [2.24, 2.45) is 5.92 Å². The lowest BCUT2D eigenvalue weighted by Gasteiger charge is -2.35. The SMILES string of the molecule is CC(C)N1CC(C(=O)N2CCN(S(=O)(=O)c3ccc(F)cc3)CC2)CC1=O. The molecule has 2 aliphatic heterocycles. The molecule has 1 atom stereocenters. The van der Waals surface area contributed by atoms with Crippen LogP contribution in [-0.2, 0) is 19.6 Å². The van der Waals surface area contributed by atoms with Crippen LogP contribution in [0.2, 0.25) is 0 Å². The number of benzene rings is 1. The molecule has 0 aliphatic carbocycles. The fourth-order valence-electron chi connectivity index (χ4n) is 3.56. The fraction of sp³-hybridized carbons (Fsp3) is 0.556. The molecule has 0 saturated carbocycles. The first-order valence-electron chi connectivity index (χ1n) is 9.04. The summed E-state index contributed by atoms with van der Waals surface area (Å²) in [5.41, 5.74) is 0. The van der Waals surface area contributed by atoms with E-state index in [4.69, 9.17) is 0 Å². The Hall–Kier alpha value is -2.00. The maximum absolute atomic E-state index is 13.0. The van der Waals surface area contributed by atoms with Crippen LogP contribution in [0.4, 0.5) is 4.39 Å². The van der Waals surface area contributed by atoms with E-state index < -0.39 is 15.8 Å². The Kier molecular flexibility index (Phi) is 5.53. The number of carbonyl (C=O) groups excluding carboxylic acids is 2. The average molecular weight is 397 g/mol. The van der Waals surface area contributed by atoms with Gasteiger partial charge >= 0.3 is 0 Å². The highest BCUT2D eigenvalue weighted by Gasteiger charge is 2.39. The normalized spacial score (nSPS) is 21.9. The lowest BCUT2D eigenvalue weighted by Crippen LogP contribution is -2.52. The van der Waals surface area contributed by atoms with Gasteiger partial charge in [0.25, 0.3) is 0 Å². The third-order valence-corrected chi connectivity index (χ3v) is 7.05. The van der Waals surface area contributed by atoms with Gasteiger partial charge in [0.2, 0.25) is 21.8 Å². The highest BCUT2D eigenvalue weighted by molar-refractivity contribution is 7.89. The molecule has 0 aromatic heterocycles. The molecule has 0 spiro atoms. The van der Waals surface area contributed by atoms with Crippen molar-refractivity contribution in [3.63, 3.8) is 0 Å². The minimum atomic E-state index is -3.71. The number of carbonyl (C=O) groups is 2. The van der Waals surface area contributed by atoms with Crippen molar-refractivity contribution in [3.8, 4) is 0 Å². The highest BCUT2D eigenvalue weighted by Crippen LogP contribution is 2.24. The van der Waals surface area contributed by atoms with Crippen LogP contribution in [-0.4, -0.2) is 73.1 Å². The van der Waals surface area contributed by atoms with Gasteiger partial charge in [0.1, 0.15) is 5.82 Å². The van der Waals surface area contributed by atoms with E-state index in [-0.39, 0.29) is 61.3 Å². The van der Waals surface area contributed by atoms with Gasteiger partial charge in [-0.15, -0.1) is 0 Å². The van der Waals surface area contributed by atoms with Crippen LogP contribution in [0.15, 0.2) is 29.2 Å². The van der Waals surface area contributed by atoms with E-state index in [1.165, 1.54) is 16.4 Å². The summed E-state index contributed by atoms with van der Waals surface area (Å²) in [7, 11) is -3.71. The number of hydrogen-bond acceptors (Lipinski definition) is 4. The summed E-state index contributed by atoms with van der Waals surface area (Å²) < 4.78 is 39.6. The van der Waals surface area contributed by atoms with Crippen LogP contribution < -0.4 is 0 Å². The van der Waals surface area contributed by atoms with Gasteiger partial charge < -0.3 is 9.80 Å². The molecule has 27 heavy (non-hydrogen) atoms. The molecule has 148 valence electrons. The van der Waals surface area contributed by atoms with E-state index in [0.29, 0.717) is 6.54 Å². The van der Waals surface area contributed by atoms with Crippen molar-refractivity contribution < 1.29 is 22.4 Å². The second-order valence-corrected chi connectivity index (χ2v) is 9.16. The molecule has 2 aliphatic rings. The largest absolute Gasteiger partial charge is 0.340 e. The van der Waals surface area contributed by atoms with Crippen molar-refractivity contribution in [2.45, 2.75) is 31.2 Å². The van der Waals surface area contributed by atoms with Gasteiger partial charge in [-0.3, -0.25) is 9.59 Å². The summed E-state index contributed by atoms with van der Waals surface area (Å²) in [6.45, 7) is 5.19. The average Bonchev–Trinajstić information content (AvgIpc) is 3.03. The number of nitrogens with zero attached hydrogens (tertiary/aromatic N) is 3. The molecular formula is C18H24FN3O4S.